The lowest BCUT2D eigenvalue weighted by Gasteiger charge is -2.06. The number of aromatic nitrogens is 2. The molecule has 0 radical (unpaired) electrons. The Kier molecular flexibility index (Phi) is 5.41. The van der Waals surface area contributed by atoms with Gasteiger partial charge in [0.2, 0.25) is 0 Å². The summed E-state index contributed by atoms with van der Waals surface area (Å²) >= 11 is 3.25. The van der Waals surface area contributed by atoms with Crippen molar-refractivity contribution in [2.24, 2.45) is 0 Å². The second-order valence-electron chi connectivity index (χ2n) is 4.85. The molecule has 122 valence electrons. The van der Waals surface area contributed by atoms with Gasteiger partial charge in [0.05, 0.1) is 7.11 Å². The number of carbonyl (C=O) groups is 1. The van der Waals surface area contributed by atoms with Gasteiger partial charge in [-0.3, -0.25) is 0 Å². The molecule has 0 unspecified atom stereocenters. The van der Waals surface area contributed by atoms with E-state index in [-0.39, 0.29) is 6.61 Å². The highest BCUT2D eigenvalue weighted by molar-refractivity contribution is 14.1. The Morgan fingerprint density at radius 2 is 1.92 bits per heavy atom. The molecule has 0 saturated carbocycles. The van der Waals surface area contributed by atoms with Gasteiger partial charge in [-0.15, -0.1) is 5.10 Å². The first-order valence-electron chi connectivity index (χ1n) is 7.06. The molecule has 3 aromatic rings. The molecule has 0 amide bonds. The molecule has 0 spiro atoms. The Bertz CT molecular complexity index is 849. The molecular weight excluding hydrogens is 439 g/mol. The number of ether oxygens (including phenoxy) is 2. The number of carbonyl (C=O) groups excluding carboxylic acids is 1. The minimum absolute atomic E-state index is 0.220. The van der Waals surface area contributed by atoms with Crippen LogP contribution in [0.4, 0.5) is 0 Å². The quantitative estimate of drug-likeness (QED) is 0.430. The van der Waals surface area contributed by atoms with Crippen molar-refractivity contribution in [3.63, 3.8) is 0 Å². The largest absolute Gasteiger partial charge is 0.497 e. The summed E-state index contributed by atoms with van der Waals surface area (Å²) in [6.45, 7) is 0.220. The monoisotopic (exact) mass is 452 g/mol. The van der Waals surface area contributed by atoms with E-state index < -0.39 is 5.97 Å². The van der Waals surface area contributed by atoms with Gasteiger partial charge in [0.1, 0.15) is 18.1 Å². The number of esters is 1. The Balaban J connectivity index is 1.76. The van der Waals surface area contributed by atoms with Gasteiger partial charge >= 0.3 is 5.97 Å². The van der Waals surface area contributed by atoms with Gasteiger partial charge in [-0.1, -0.05) is 22.7 Å². The lowest BCUT2D eigenvalue weighted by molar-refractivity contribution is 0.0478. The van der Waals surface area contributed by atoms with E-state index in [2.05, 4.69) is 32.2 Å². The lowest BCUT2D eigenvalue weighted by Crippen LogP contribution is -2.05. The zero-order valence-electron chi connectivity index (χ0n) is 12.7. The number of halogens is 1. The molecule has 24 heavy (non-hydrogen) atoms. The molecule has 0 aliphatic carbocycles. The van der Waals surface area contributed by atoms with Crippen molar-refractivity contribution < 1.29 is 14.3 Å². The summed E-state index contributed by atoms with van der Waals surface area (Å²) in [6, 6.07) is 15.1. The Labute approximate surface area is 156 Å². The van der Waals surface area contributed by atoms with Crippen LogP contribution in [-0.4, -0.2) is 22.7 Å². The Morgan fingerprint density at radius 3 is 2.62 bits per heavy atom. The van der Waals surface area contributed by atoms with Crippen LogP contribution >= 0.6 is 34.1 Å². The number of hydrogen-bond donors (Lipinski definition) is 0. The van der Waals surface area contributed by atoms with E-state index in [1.807, 2.05) is 48.5 Å². The summed E-state index contributed by atoms with van der Waals surface area (Å²) in [7, 11) is 1.60. The molecule has 0 bridgehead atoms. The van der Waals surface area contributed by atoms with Crippen molar-refractivity contribution in [3.05, 3.63) is 62.5 Å². The molecule has 7 heteroatoms. The maximum atomic E-state index is 12.4. The molecule has 0 aliphatic rings. The molecule has 1 heterocycles. The van der Waals surface area contributed by atoms with Gasteiger partial charge in [0.25, 0.3) is 0 Å². The van der Waals surface area contributed by atoms with E-state index >= 15 is 0 Å². The highest BCUT2D eigenvalue weighted by atomic mass is 127. The van der Waals surface area contributed by atoms with Crippen LogP contribution < -0.4 is 4.74 Å². The molecule has 0 atom stereocenters. The van der Waals surface area contributed by atoms with Crippen LogP contribution in [0.2, 0.25) is 0 Å². The van der Waals surface area contributed by atoms with Gasteiger partial charge in [-0.25, -0.2) is 4.79 Å². The highest BCUT2D eigenvalue weighted by Crippen LogP contribution is 2.26. The minimum Gasteiger partial charge on any atom is -0.497 e. The standard InChI is InChI=1S/C17H13IN2O3S/c1-22-13-8-6-11(7-9-13)15-16(24-20-19-15)17(21)23-10-12-4-2-3-5-14(12)18/h2-9H,10H2,1H3. The van der Waals surface area contributed by atoms with Crippen molar-refractivity contribution in [2.75, 3.05) is 7.11 Å². The Hall–Kier alpha value is -2.00. The fourth-order valence-electron chi connectivity index (χ4n) is 2.09. The van der Waals surface area contributed by atoms with Crippen LogP contribution in [0.25, 0.3) is 11.3 Å². The zero-order chi connectivity index (χ0) is 16.9. The SMILES string of the molecule is COc1ccc(-c2nnsc2C(=O)OCc2ccccc2I)cc1. The van der Waals surface area contributed by atoms with Gasteiger partial charge in [0, 0.05) is 14.7 Å². The van der Waals surface area contributed by atoms with E-state index in [0.29, 0.717) is 10.6 Å². The normalized spacial score (nSPS) is 10.4. The van der Waals surface area contributed by atoms with Crippen molar-refractivity contribution in [2.45, 2.75) is 6.61 Å². The molecular formula is C17H13IN2O3S. The number of nitrogens with zero attached hydrogens (tertiary/aromatic N) is 2. The maximum Gasteiger partial charge on any atom is 0.352 e. The van der Waals surface area contributed by atoms with Gasteiger partial charge < -0.3 is 9.47 Å². The number of methoxy groups -OCH3 is 1. The average Bonchev–Trinajstić information content (AvgIpc) is 3.10. The Morgan fingerprint density at radius 1 is 1.17 bits per heavy atom. The second-order valence-corrected chi connectivity index (χ2v) is 6.76. The fourth-order valence-corrected chi connectivity index (χ4v) is 3.21. The number of hydrogen-bond acceptors (Lipinski definition) is 6. The van der Waals surface area contributed by atoms with Crippen molar-refractivity contribution in [1.82, 2.24) is 9.59 Å². The predicted octanol–water partition coefficient (Wildman–Crippen LogP) is 4.18. The van der Waals surface area contributed by atoms with Crippen LogP contribution in [0, 0.1) is 3.57 Å². The van der Waals surface area contributed by atoms with Crippen LogP contribution in [0.3, 0.4) is 0 Å². The van der Waals surface area contributed by atoms with E-state index in [1.54, 1.807) is 7.11 Å². The molecule has 0 fully saturated rings. The average molecular weight is 452 g/mol. The first-order valence-corrected chi connectivity index (χ1v) is 8.91. The smallest absolute Gasteiger partial charge is 0.352 e. The molecule has 0 saturated heterocycles. The van der Waals surface area contributed by atoms with E-state index in [4.69, 9.17) is 9.47 Å². The summed E-state index contributed by atoms with van der Waals surface area (Å²) in [4.78, 5) is 12.8. The van der Waals surface area contributed by atoms with E-state index in [0.717, 1.165) is 32.0 Å². The predicted molar refractivity (Wildman–Crippen MR) is 100 cm³/mol. The summed E-state index contributed by atoms with van der Waals surface area (Å²) < 4.78 is 15.5. The van der Waals surface area contributed by atoms with Crippen LogP contribution in [0.15, 0.2) is 48.5 Å². The number of benzene rings is 2. The lowest BCUT2D eigenvalue weighted by atomic mass is 10.1. The summed E-state index contributed by atoms with van der Waals surface area (Å²) in [6.07, 6.45) is 0. The molecule has 0 N–H and O–H groups in total. The number of rotatable bonds is 5. The van der Waals surface area contributed by atoms with E-state index in [9.17, 15) is 4.79 Å². The van der Waals surface area contributed by atoms with Gasteiger partial charge in [-0.05, 0) is 64.5 Å². The topological polar surface area (TPSA) is 61.3 Å². The molecule has 2 aromatic carbocycles. The van der Waals surface area contributed by atoms with Crippen molar-refractivity contribution in [3.8, 4) is 17.0 Å². The first-order chi connectivity index (χ1) is 11.7. The van der Waals surface area contributed by atoms with Crippen LogP contribution in [-0.2, 0) is 11.3 Å². The molecule has 1 aromatic heterocycles. The third kappa shape index (κ3) is 3.73. The van der Waals surface area contributed by atoms with Crippen LogP contribution in [0.5, 0.6) is 5.75 Å². The minimum atomic E-state index is -0.421. The molecule has 5 nitrogen and oxygen atoms in total. The molecule has 0 aliphatic heterocycles. The van der Waals surface area contributed by atoms with Gasteiger partial charge in [0.15, 0.2) is 4.88 Å². The zero-order valence-corrected chi connectivity index (χ0v) is 15.7. The summed E-state index contributed by atoms with van der Waals surface area (Å²) in [5, 5.41) is 4.06. The van der Waals surface area contributed by atoms with Gasteiger partial charge in [-0.2, -0.15) is 0 Å². The molecule has 3 rings (SSSR count). The maximum absolute atomic E-state index is 12.4. The third-order valence-corrected chi connectivity index (χ3v) is 5.11. The first kappa shape index (κ1) is 16.8. The third-order valence-electron chi connectivity index (χ3n) is 3.35. The highest BCUT2D eigenvalue weighted by Gasteiger charge is 2.19. The van der Waals surface area contributed by atoms with Crippen molar-refractivity contribution in [1.29, 1.82) is 0 Å². The van der Waals surface area contributed by atoms with Crippen LogP contribution in [0.1, 0.15) is 15.2 Å². The second kappa shape index (κ2) is 7.71. The van der Waals surface area contributed by atoms with E-state index in [1.165, 1.54) is 0 Å². The van der Waals surface area contributed by atoms with Crippen molar-refractivity contribution >= 4 is 40.1 Å². The summed E-state index contributed by atoms with van der Waals surface area (Å²) in [5.41, 5.74) is 2.29. The fraction of sp³-hybridized carbons (Fsp3) is 0.118. The summed E-state index contributed by atoms with van der Waals surface area (Å²) in [5.74, 6) is 0.320.